The molecule has 0 unspecified atom stereocenters. The van der Waals surface area contributed by atoms with E-state index in [0.717, 1.165) is 25.7 Å². The Morgan fingerprint density at radius 3 is 2.90 bits per heavy atom. The third-order valence-electron chi connectivity index (χ3n) is 1.91. The molecular formula is C7H13NO2. The van der Waals surface area contributed by atoms with Crippen LogP contribution in [0.2, 0.25) is 0 Å². The second kappa shape index (κ2) is 3.56. The molecule has 0 saturated heterocycles. The van der Waals surface area contributed by atoms with Gasteiger partial charge in [0, 0.05) is 6.04 Å². The number of hydrogen-bond donors (Lipinski definition) is 1. The first-order valence-corrected chi connectivity index (χ1v) is 3.67. The van der Waals surface area contributed by atoms with Gasteiger partial charge in [0.2, 0.25) is 0 Å². The van der Waals surface area contributed by atoms with E-state index in [1.807, 2.05) is 0 Å². The molecule has 0 aromatic carbocycles. The van der Waals surface area contributed by atoms with E-state index >= 15 is 0 Å². The molecule has 0 aliphatic heterocycles. The zero-order valence-corrected chi connectivity index (χ0v) is 5.95. The van der Waals surface area contributed by atoms with E-state index in [2.05, 4.69) is 0 Å². The van der Waals surface area contributed by atoms with Crippen LogP contribution in [0.15, 0.2) is 0 Å². The van der Waals surface area contributed by atoms with Crippen LogP contribution in [0.1, 0.15) is 25.7 Å². The summed E-state index contributed by atoms with van der Waals surface area (Å²) in [5.41, 5.74) is 5.66. The van der Waals surface area contributed by atoms with Gasteiger partial charge in [-0.2, -0.15) is 0 Å². The van der Waals surface area contributed by atoms with E-state index < -0.39 is 0 Å². The van der Waals surface area contributed by atoms with Crippen LogP contribution in [-0.2, 0) is 9.53 Å². The van der Waals surface area contributed by atoms with Gasteiger partial charge in [-0.1, -0.05) is 0 Å². The van der Waals surface area contributed by atoms with Crippen molar-refractivity contribution in [3.05, 3.63) is 0 Å². The molecule has 1 saturated carbocycles. The summed E-state index contributed by atoms with van der Waals surface area (Å²) in [6.07, 6.45) is 4.05. The average molecular weight is 143 g/mol. The predicted octanol–water partition coefficient (Wildman–Crippen LogP) is 0.429. The Balaban J connectivity index is 2.24. The molecule has 0 bridgehead atoms. The molecule has 58 valence electrons. The highest BCUT2D eigenvalue weighted by Crippen LogP contribution is 2.18. The van der Waals surface area contributed by atoms with Gasteiger partial charge in [0.15, 0.2) is 0 Å². The maximum Gasteiger partial charge on any atom is 0.293 e. The molecule has 2 atom stereocenters. The number of rotatable bonds is 2. The second-order valence-electron chi connectivity index (χ2n) is 2.78. The summed E-state index contributed by atoms with van der Waals surface area (Å²) in [4.78, 5) is 9.92. The molecule has 1 rings (SSSR count). The van der Waals surface area contributed by atoms with Crippen LogP contribution in [0.3, 0.4) is 0 Å². The summed E-state index contributed by atoms with van der Waals surface area (Å²) in [6, 6.07) is 0.235. The van der Waals surface area contributed by atoms with E-state index in [-0.39, 0.29) is 12.1 Å². The van der Waals surface area contributed by atoms with Crippen LogP contribution in [0.25, 0.3) is 0 Å². The van der Waals surface area contributed by atoms with Crippen molar-refractivity contribution in [1.82, 2.24) is 0 Å². The maximum atomic E-state index is 9.92. The van der Waals surface area contributed by atoms with Gasteiger partial charge in [-0.05, 0) is 25.7 Å². The molecule has 10 heavy (non-hydrogen) atoms. The van der Waals surface area contributed by atoms with Gasteiger partial charge < -0.3 is 10.5 Å². The highest BCUT2D eigenvalue weighted by Gasteiger charge is 2.19. The van der Waals surface area contributed by atoms with Crippen molar-refractivity contribution >= 4 is 6.47 Å². The fourth-order valence-corrected chi connectivity index (χ4v) is 1.38. The van der Waals surface area contributed by atoms with Crippen molar-refractivity contribution in [2.24, 2.45) is 5.73 Å². The fourth-order valence-electron chi connectivity index (χ4n) is 1.38. The Labute approximate surface area is 60.5 Å². The summed E-state index contributed by atoms with van der Waals surface area (Å²) in [7, 11) is 0. The van der Waals surface area contributed by atoms with Gasteiger partial charge in [0.25, 0.3) is 6.47 Å². The van der Waals surface area contributed by atoms with Gasteiger partial charge in [-0.3, -0.25) is 4.79 Å². The lowest BCUT2D eigenvalue weighted by Crippen LogP contribution is -2.31. The summed E-state index contributed by atoms with van der Waals surface area (Å²) < 4.78 is 4.79. The van der Waals surface area contributed by atoms with Crippen molar-refractivity contribution in [1.29, 1.82) is 0 Å². The Morgan fingerprint density at radius 2 is 2.30 bits per heavy atom. The van der Waals surface area contributed by atoms with Crippen LogP contribution in [0.4, 0.5) is 0 Å². The molecule has 1 fully saturated rings. The van der Waals surface area contributed by atoms with E-state index in [9.17, 15) is 4.79 Å². The highest BCUT2D eigenvalue weighted by atomic mass is 16.5. The molecule has 3 nitrogen and oxygen atoms in total. The molecular weight excluding hydrogens is 130 g/mol. The van der Waals surface area contributed by atoms with Crippen LogP contribution in [0, 0.1) is 0 Å². The Hall–Kier alpha value is -0.570. The van der Waals surface area contributed by atoms with E-state index in [1.165, 1.54) is 0 Å². The molecule has 0 radical (unpaired) electrons. The summed E-state index contributed by atoms with van der Waals surface area (Å²) in [5, 5.41) is 0. The molecule has 0 aromatic rings. The molecule has 1 aliphatic rings. The summed E-state index contributed by atoms with van der Waals surface area (Å²) >= 11 is 0. The Bertz CT molecular complexity index is 116. The van der Waals surface area contributed by atoms with E-state index in [0.29, 0.717) is 6.47 Å². The van der Waals surface area contributed by atoms with Crippen molar-refractivity contribution in [2.75, 3.05) is 0 Å². The molecule has 2 N–H and O–H groups in total. The second-order valence-corrected chi connectivity index (χ2v) is 2.78. The average Bonchev–Trinajstić information content (AvgIpc) is 1.88. The van der Waals surface area contributed by atoms with Crippen LogP contribution in [-0.4, -0.2) is 18.6 Å². The first kappa shape index (κ1) is 7.54. The number of carbonyl (C=O) groups is 1. The molecule has 0 spiro atoms. The fraction of sp³-hybridized carbons (Fsp3) is 0.857. The monoisotopic (exact) mass is 143 g/mol. The number of carbonyl (C=O) groups excluding carboxylic acids is 1. The number of hydrogen-bond acceptors (Lipinski definition) is 3. The predicted molar refractivity (Wildman–Crippen MR) is 37.4 cm³/mol. The topological polar surface area (TPSA) is 52.3 Å². The van der Waals surface area contributed by atoms with Gasteiger partial charge >= 0.3 is 0 Å². The number of ether oxygens (including phenoxy) is 1. The smallest absolute Gasteiger partial charge is 0.293 e. The lowest BCUT2D eigenvalue weighted by atomic mass is 9.94. The molecule has 3 heteroatoms. The Morgan fingerprint density at radius 1 is 1.50 bits per heavy atom. The third-order valence-corrected chi connectivity index (χ3v) is 1.91. The summed E-state index contributed by atoms with van der Waals surface area (Å²) in [6.45, 7) is 0.517. The standard InChI is InChI=1S/C7H13NO2/c8-6-2-1-3-7(4-6)10-5-9/h5-7H,1-4,8H2/t6-,7-/m1/s1. The Kier molecular flexibility index (Phi) is 2.68. The lowest BCUT2D eigenvalue weighted by Gasteiger charge is -2.24. The maximum absolute atomic E-state index is 9.92. The normalized spacial score (nSPS) is 33.3. The van der Waals surface area contributed by atoms with Crippen LogP contribution < -0.4 is 5.73 Å². The zero-order valence-electron chi connectivity index (χ0n) is 5.95. The van der Waals surface area contributed by atoms with Gasteiger partial charge in [0.05, 0.1) is 0 Å². The molecule has 0 amide bonds. The van der Waals surface area contributed by atoms with E-state index in [4.69, 9.17) is 10.5 Å². The highest BCUT2D eigenvalue weighted by molar-refractivity contribution is 5.37. The minimum Gasteiger partial charge on any atom is -0.465 e. The van der Waals surface area contributed by atoms with Crippen molar-refractivity contribution in [3.63, 3.8) is 0 Å². The van der Waals surface area contributed by atoms with E-state index in [1.54, 1.807) is 0 Å². The summed E-state index contributed by atoms with van der Waals surface area (Å²) in [5.74, 6) is 0. The van der Waals surface area contributed by atoms with Crippen molar-refractivity contribution in [3.8, 4) is 0 Å². The van der Waals surface area contributed by atoms with Gasteiger partial charge in [-0.25, -0.2) is 0 Å². The van der Waals surface area contributed by atoms with Crippen LogP contribution in [0.5, 0.6) is 0 Å². The first-order valence-electron chi connectivity index (χ1n) is 3.67. The van der Waals surface area contributed by atoms with Crippen LogP contribution >= 0.6 is 0 Å². The lowest BCUT2D eigenvalue weighted by molar-refractivity contribution is -0.135. The minimum atomic E-state index is 0.0845. The molecule has 1 aliphatic carbocycles. The third kappa shape index (κ3) is 1.99. The van der Waals surface area contributed by atoms with Crippen molar-refractivity contribution in [2.45, 2.75) is 37.8 Å². The SMILES string of the molecule is N[C@@H]1CCC[C@@H](OC=O)C1. The first-order chi connectivity index (χ1) is 4.83. The number of nitrogens with two attached hydrogens (primary N) is 1. The van der Waals surface area contributed by atoms with Gasteiger partial charge in [-0.15, -0.1) is 0 Å². The molecule has 0 aromatic heterocycles. The van der Waals surface area contributed by atoms with Crippen molar-refractivity contribution < 1.29 is 9.53 Å². The zero-order chi connectivity index (χ0) is 7.40. The van der Waals surface area contributed by atoms with Gasteiger partial charge in [0.1, 0.15) is 6.10 Å². The quantitative estimate of drug-likeness (QED) is 0.570. The largest absolute Gasteiger partial charge is 0.465 e. The molecule has 0 heterocycles. The minimum absolute atomic E-state index is 0.0845.